The number of hydrogen-bond donors (Lipinski definition) is 2. The van der Waals surface area contributed by atoms with Gasteiger partial charge in [0.25, 0.3) is 0 Å². The molecule has 5 atom stereocenters. The van der Waals surface area contributed by atoms with E-state index in [-0.39, 0.29) is 12.2 Å². The number of hydrogen-bond acceptors (Lipinski definition) is 8. The maximum absolute atomic E-state index is 12.4. The van der Waals surface area contributed by atoms with Gasteiger partial charge in [-0.3, -0.25) is 0 Å². The van der Waals surface area contributed by atoms with Crippen LogP contribution in [0.5, 0.6) is 0 Å². The average Bonchev–Trinajstić information content (AvgIpc) is 2.77. The highest BCUT2D eigenvalue weighted by Gasteiger charge is 2.47. The number of ether oxygens (including phenoxy) is 4. The van der Waals surface area contributed by atoms with Gasteiger partial charge < -0.3 is 29.2 Å². The summed E-state index contributed by atoms with van der Waals surface area (Å²) in [6.07, 6.45) is -6.43. The molecule has 8 heteroatoms. The first-order valence-electron chi connectivity index (χ1n) is 9.04. The number of rotatable bonds is 6. The van der Waals surface area contributed by atoms with E-state index >= 15 is 0 Å². The number of methoxy groups -OCH3 is 1. The van der Waals surface area contributed by atoms with Crippen LogP contribution in [0.25, 0.3) is 0 Å². The van der Waals surface area contributed by atoms with Crippen molar-refractivity contribution in [3.05, 3.63) is 71.8 Å². The van der Waals surface area contributed by atoms with Crippen LogP contribution in [0, 0.1) is 0 Å². The fourth-order valence-corrected chi connectivity index (χ4v) is 2.96. The summed E-state index contributed by atoms with van der Waals surface area (Å²) in [5.74, 6) is -1.31. The van der Waals surface area contributed by atoms with Gasteiger partial charge in [0.2, 0.25) is 0 Å². The van der Waals surface area contributed by atoms with Crippen molar-refractivity contribution in [2.45, 2.75) is 30.7 Å². The zero-order valence-corrected chi connectivity index (χ0v) is 15.7. The van der Waals surface area contributed by atoms with E-state index in [0.717, 1.165) is 0 Å². The predicted octanol–water partition coefficient (Wildman–Crippen LogP) is 1.16. The highest BCUT2D eigenvalue weighted by molar-refractivity contribution is 5.90. The van der Waals surface area contributed by atoms with E-state index in [9.17, 15) is 19.8 Å². The van der Waals surface area contributed by atoms with Gasteiger partial charge in [-0.2, -0.15) is 0 Å². The molecule has 0 bridgehead atoms. The predicted molar refractivity (Wildman–Crippen MR) is 100 cm³/mol. The lowest BCUT2D eigenvalue weighted by atomic mass is 9.99. The van der Waals surface area contributed by atoms with Crippen LogP contribution < -0.4 is 0 Å². The van der Waals surface area contributed by atoms with Crippen LogP contribution in [-0.4, -0.2) is 66.6 Å². The smallest absolute Gasteiger partial charge is 0.338 e. The molecule has 2 aromatic rings. The molecule has 8 nitrogen and oxygen atoms in total. The molecule has 154 valence electrons. The monoisotopic (exact) mass is 402 g/mol. The SMILES string of the molecule is CO[C@H]1O[C@H](COC(=O)c2ccccc2)[C@@H](OC(=O)c2ccccc2)[C@H](O)[C@H]1O. The molecule has 2 N–H and O–H groups in total. The Kier molecular flexibility index (Phi) is 6.95. The summed E-state index contributed by atoms with van der Waals surface area (Å²) >= 11 is 0. The first-order valence-corrected chi connectivity index (χ1v) is 9.04. The molecule has 1 fully saturated rings. The van der Waals surface area contributed by atoms with Gasteiger partial charge in [0.1, 0.15) is 24.9 Å². The van der Waals surface area contributed by atoms with Gasteiger partial charge >= 0.3 is 11.9 Å². The lowest BCUT2D eigenvalue weighted by Gasteiger charge is -2.41. The summed E-state index contributed by atoms with van der Waals surface area (Å²) < 4.78 is 21.2. The number of esters is 2. The average molecular weight is 402 g/mol. The van der Waals surface area contributed by atoms with Crippen LogP contribution in [0.1, 0.15) is 20.7 Å². The Morgan fingerprint density at radius 1 is 0.897 bits per heavy atom. The Balaban J connectivity index is 1.73. The molecule has 0 amide bonds. The lowest BCUT2D eigenvalue weighted by molar-refractivity contribution is -0.293. The van der Waals surface area contributed by atoms with Crippen molar-refractivity contribution in [3.63, 3.8) is 0 Å². The molecule has 1 aliphatic heterocycles. The summed E-state index contributed by atoms with van der Waals surface area (Å²) in [5, 5.41) is 20.6. The molecule has 0 aliphatic carbocycles. The van der Waals surface area contributed by atoms with Gasteiger partial charge in [-0.25, -0.2) is 9.59 Å². The molecular formula is C21H22O8. The van der Waals surface area contributed by atoms with E-state index in [4.69, 9.17) is 18.9 Å². The summed E-state index contributed by atoms with van der Waals surface area (Å²) in [6.45, 7) is -0.315. The zero-order valence-electron chi connectivity index (χ0n) is 15.7. The fraction of sp³-hybridized carbons (Fsp3) is 0.333. The second-order valence-corrected chi connectivity index (χ2v) is 6.46. The summed E-state index contributed by atoms with van der Waals surface area (Å²) in [6, 6.07) is 16.5. The Morgan fingerprint density at radius 2 is 1.45 bits per heavy atom. The maximum Gasteiger partial charge on any atom is 0.338 e. The van der Waals surface area contributed by atoms with Gasteiger partial charge in [-0.15, -0.1) is 0 Å². The second-order valence-electron chi connectivity index (χ2n) is 6.46. The molecule has 1 aliphatic rings. The van der Waals surface area contributed by atoms with Gasteiger partial charge in [0.05, 0.1) is 11.1 Å². The molecule has 29 heavy (non-hydrogen) atoms. The Hall–Kier alpha value is -2.78. The topological polar surface area (TPSA) is 112 Å². The number of carbonyl (C=O) groups excluding carboxylic acids is 2. The van der Waals surface area contributed by atoms with Crippen LogP contribution in [0.2, 0.25) is 0 Å². The van der Waals surface area contributed by atoms with Crippen molar-refractivity contribution < 1.29 is 38.7 Å². The van der Waals surface area contributed by atoms with Gasteiger partial charge in [0.15, 0.2) is 12.4 Å². The highest BCUT2D eigenvalue weighted by Crippen LogP contribution is 2.25. The van der Waals surface area contributed by atoms with Crippen LogP contribution >= 0.6 is 0 Å². The van der Waals surface area contributed by atoms with E-state index in [0.29, 0.717) is 5.56 Å². The number of benzene rings is 2. The number of aliphatic hydroxyl groups is 2. The van der Waals surface area contributed by atoms with Crippen LogP contribution in [-0.2, 0) is 18.9 Å². The molecule has 0 radical (unpaired) electrons. The van der Waals surface area contributed by atoms with Crippen LogP contribution in [0.4, 0.5) is 0 Å². The molecule has 3 rings (SSSR count). The molecule has 1 saturated heterocycles. The molecule has 1 heterocycles. The molecule has 2 aromatic carbocycles. The van der Waals surface area contributed by atoms with E-state index in [1.807, 2.05) is 0 Å². The maximum atomic E-state index is 12.4. The van der Waals surface area contributed by atoms with Crippen molar-refractivity contribution in [2.75, 3.05) is 13.7 Å². The van der Waals surface area contributed by atoms with Crippen molar-refractivity contribution >= 4 is 11.9 Å². The molecule has 0 unspecified atom stereocenters. The van der Waals surface area contributed by atoms with Gasteiger partial charge in [-0.05, 0) is 24.3 Å². The molecule has 0 spiro atoms. The quantitative estimate of drug-likeness (QED) is 0.693. The highest BCUT2D eigenvalue weighted by atomic mass is 16.7. The van der Waals surface area contributed by atoms with Crippen molar-refractivity contribution in [3.8, 4) is 0 Å². The van der Waals surface area contributed by atoms with Crippen molar-refractivity contribution in [1.29, 1.82) is 0 Å². The minimum atomic E-state index is -1.50. The Morgan fingerprint density at radius 3 is 2.00 bits per heavy atom. The van der Waals surface area contributed by atoms with E-state index in [2.05, 4.69) is 0 Å². The fourth-order valence-electron chi connectivity index (χ4n) is 2.96. The van der Waals surface area contributed by atoms with Gasteiger partial charge in [-0.1, -0.05) is 36.4 Å². The van der Waals surface area contributed by atoms with Crippen molar-refractivity contribution in [1.82, 2.24) is 0 Å². The third kappa shape index (κ3) is 4.99. The third-order valence-corrected chi connectivity index (χ3v) is 4.51. The lowest BCUT2D eigenvalue weighted by Crippen LogP contribution is -2.60. The van der Waals surface area contributed by atoms with Gasteiger partial charge in [0, 0.05) is 7.11 Å². The van der Waals surface area contributed by atoms with E-state index in [1.54, 1.807) is 60.7 Å². The largest absolute Gasteiger partial charge is 0.459 e. The summed E-state index contributed by atoms with van der Waals surface area (Å²) in [4.78, 5) is 24.6. The standard InChI is InChI=1S/C21H22O8/c1-26-21-17(23)16(22)18(29-20(25)14-10-6-3-7-11-14)15(28-21)12-27-19(24)13-8-4-2-5-9-13/h2-11,15-18,21-23H,12H2,1H3/t15-,16-,17-,18-,21+/m1/s1. The minimum absolute atomic E-state index is 0.267. The zero-order chi connectivity index (χ0) is 20.8. The molecule has 0 saturated carbocycles. The summed E-state index contributed by atoms with van der Waals surface area (Å²) in [7, 11) is 1.30. The first-order chi connectivity index (χ1) is 14.0. The number of aliphatic hydroxyl groups excluding tert-OH is 2. The Bertz CT molecular complexity index is 810. The second kappa shape index (κ2) is 9.62. The first kappa shape index (κ1) is 20.9. The van der Waals surface area contributed by atoms with Crippen LogP contribution in [0.3, 0.4) is 0 Å². The normalized spacial score (nSPS) is 26.5. The van der Waals surface area contributed by atoms with E-state index < -0.39 is 42.6 Å². The summed E-state index contributed by atoms with van der Waals surface area (Å²) in [5.41, 5.74) is 0.605. The van der Waals surface area contributed by atoms with E-state index in [1.165, 1.54) is 7.11 Å². The minimum Gasteiger partial charge on any atom is -0.459 e. The number of carbonyl (C=O) groups is 2. The Labute approximate surface area is 167 Å². The third-order valence-electron chi connectivity index (χ3n) is 4.51. The molecule has 0 aromatic heterocycles. The molecular weight excluding hydrogens is 380 g/mol. The van der Waals surface area contributed by atoms with Crippen LogP contribution in [0.15, 0.2) is 60.7 Å². The van der Waals surface area contributed by atoms with Crippen molar-refractivity contribution in [2.24, 2.45) is 0 Å².